The Morgan fingerprint density at radius 3 is 2.36 bits per heavy atom. The van der Waals surface area contributed by atoms with E-state index in [0.717, 1.165) is 19.4 Å². The molecule has 4 heteroatoms. The van der Waals surface area contributed by atoms with E-state index in [0.29, 0.717) is 5.92 Å². The van der Waals surface area contributed by atoms with Crippen LogP contribution in [-0.2, 0) is 4.79 Å². The summed E-state index contributed by atoms with van der Waals surface area (Å²) >= 11 is 0. The van der Waals surface area contributed by atoms with E-state index < -0.39 is 11.5 Å². The van der Waals surface area contributed by atoms with Crippen molar-refractivity contribution in [2.45, 2.75) is 18.4 Å². The normalized spacial score (nSPS) is 41.0. The number of carboxylic acid groups (broad SMARTS) is 1. The lowest BCUT2D eigenvalue weighted by Crippen LogP contribution is -2.51. The Morgan fingerprint density at radius 2 is 2.18 bits per heavy atom. The van der Waals surface area contributed by atoms with E-state index >= 15 is 0 Å². The van der Waals surface area contributed by atoms with E-state index in [1.165, 1.54) is 0 Å². The summed E-state index contributed by atoms with van der Waals surface area (Å²) in [5, 5.41) is 8.84. The second-order valence-corrected chi connectivity index (χ2v) is 3.49. The molecule has 0 amide bonds. The van der Waals surface area contributed by atoms with E-state index in [1.807, 2.05) is 11.9 Å². The van der Waals surface area contributed by atoms with Crippen LogP contribution in [0, 0.1) is 5.92 Å². The summed E-state index contributed by atoms with van der Waals surface area (Å²) in [5.74, 6) is 0.0323. The molecule has 0 spiro atoms. The van der Waals surface area contributed by atoms with Crippen molar-refractivity contribution in [1.29, 1.82) is 0 Å². The zero-order valence-corrected chi connectivity index (χ0v) is 7.23. The molecule has 0 atom stereocenters. The molecule has 3 fully saturated rings. The van der Waals surface area contributed by atoms with Crippen molar-refractivity contribution < 1.29 is 9.90 Å². The number of carboxylic acids is 1. The smallest absolute Gasteiger partial charge is 0.324 e. The molecule has 1 N–H and O–H groups in total. The second kappa shape index (κ2) is 2.35. The van der Waals surface area contributed by atoms with Gasteiger partial charge in [-0.1, -0.05) is 0 Å². The maximum atomic E-state index is 10.7. The van der Waals surface area contributed by atoms with E-state index in [-0.39, 0.29) is 12.4 Å². The molecule has 3 nitrogen and oxygen atoms in total. The topological polar surface area (TPSA) is 40.5 Å². The molecule has 1 saturated carbocycles. The number of aliphatic carboxylic acids is 1. The van der Waals surface area contributed by atoms with Gasteiger partial charge in [0.1, 0.15) is 5.54 Å². The molecule has 0 aromatic carbocycles. The predicted molar refractivity (Wildman–Crippen MR) is 43.0 cm³/mol. The lowest BCUT2D eigenvalue weighted by molar-refractivity contribution is -0.151. The van der Waals surface area contributed by atoms with Gasteiger partial charge in [-0.15, -0.1) is 12.4 Å². The number of hydrogen-bond donors (Lipinski definition) is 1. The first kappa shape index (κ1) is 8.81. The third-order valence-electron chi connectivity index (χ3n) is 2.91. The third-order valence-corrected chi connectivity index (χ3v) is 2.91. The van der Waals surface area contributed by atoms with Gasteiger partial charge in [-0.05, 0) is 25.8 Å². The van der Waals surface area contributed by atoms with Crippen LogP contribution in [0.3, 0.4) is 0 Å². The molecule has 1 aliphatic carbocycles. The Balaban J connectivity index is 0.000000605. The molecule has 2 aliphatic heterocycles. The molecule has 0 radical (unpaired) electrons. The monoisotopic (exact) mass is 177 g/mol. The zero-order valence-electron chi connectivity index (χ0n) is 6.41. The van der Waals surface area contributed by atoms with E-state index in [9.17, 15) is 4.79 Å². The van der Waals surface area contributed by atoms with Crippen molar-refractivity contribution in [3.8, 4) is 0 Å². The van der Waals surface area contributed by atoms with Gasteiger partial charge in [0, 0.05) is 6.54 Å². The van der Waals surface area contributed by atoms with Crippen LogP contribution in [0.1, 0.15) is 12.8 Å². The molecule has 0 aromatic heterocycles. The Kier molecular flexibility index (Phi) is 1.89. The molecule has 64 valence electrons. The zero-order chi connectivity index (χ0) is 7.35. The number of hydrogen-bond acceptors (Lipinski definition) is 2. The van der Waals surface area contributed by atoms with Crippen molar-refractivity contribution in [3.05, 3.63) is 0 Å². The average Bonchev–Trinajstić information content (AvgIpc) is 2.15. The number of carbonyl (C=O) groups is 1. The molecule has 3 aliphatic rings. The van der Waals surface area contributed by atoms with Gasteiger partial charge in [0.25, 0.3) is 0 Å². The number of halogens is 1. The van der Waals surface area contributed by atoms with Crippen molar-refractivity contribution in [1.82, 2.24) is 4.90 Å². The van der Waals surface area contributed by atoms with Crippen molar-refractivity contribution in [3.63, 3.8) is 0 Å². The maximum absolute atomic E-state index is 10.7. The first-order valence-corrected chi connectivity index (χ1v) is 3.60. The minimum Gasteiger partial charge on any atom is -0.480 e. The Labute approximate surface area is 71.8 Å². The Hall–Kier alpha value is -0.280. The summed E-state index contributed by atoms with van der Waals surface area (Å²) < 4.78 is 0. The van der Waals surface area contributed by atoms with Crippen LogP contribution in [0.4, 0.5) is 0 Å². The third kappa shape index (κ3) is 0.876. The highest BCUT2D eigenvalue weighted by atomic mass is 35.5. The summed E-state index contributed by atoms with van der Waals surface area (Å²) in [6.45, 7) is 0.978. The predicted octanol–water partition coefficient (Wildman–Crippen LogP) is 0.587. The summed E-state index contributed by atoms with van der Waals surface area (Å²) in [6, 6.07) is 0. The van der Waals surface area contributed by atoms with E-state index in [2.05, 4.69) is 0 Å². The highest BCUT2D eigenvalue weighted by Crippen LogP contribution is 2.49. The van der Waals surface area contributed by atoms with Crippen LogP contribution < -0.4 is 0 Å². The fourth-order valence-electron chi connectivity index (χ4n) is 2.24. The number of rotatable bonds is 1. The molecule has 2 bridgehead atoms. The standard InChI is InChI=1S/C7H11NO2.ClH/c1-8-4-5-2-7(8,3-5)6(9)10;/h5H,2-4H2,1H3,(H,9,10);1H. The van der Waals surface area contributed by atoms with E-state index in [1.54, 1.807) is 0 Å². The SMILES string of the molecule is CN1CC2CC1(C(=O)O)C2.Cl. The van der Waals surface area contributed by atoms with Crippen molar-refractivity contribution in [2.24, 2.45) is 5.92 Å². The highest BCUT2D eigenvalue weighted by Gasteiger charge is 2.59. The Morgan fingerprint density at radius 1 is 1.64 bits per heavy atom. The first-order chi connectivity index (χ1) is 4.65. The van der Waals surface area contributed by atoms with Crippen molar-refractivity contribution >= 4 is 18.4 Å². The summed E-state index contributed by atoms with van der Waals surface area (Å²) in [6.07, 6.45) is 1.75. The fraction of sp³-hybridized carbons (Fsp3) is 0.857. The van der Waals surface area contributed by atoms with Gasteiger partial charge in [0.15, 0.2) is 0 Å². The van der Waals surface area contributed by atoms with Gasteiger partial charge in [-0.2, -0.15) is 0 Å². The Bertz CT molecular complexity index is 189. The molecule has 3 rings (SSSR count). The molecule has 11 heavy (non-hydrogen) atoms. The lowest BCUT2D eigenvalue weighted by Gasteiger charge is -2.36. The summed E-state index contributed by atoms with van der Waals surface area (Å²) in [7, 11) is 1.90. The average molecular weight is 178 g/mol. The van der Waals surface area contributed by atoms with E-state index in [4.69, 9.17) is 5.11 Å². The van der Waals surface area contributed by atoms with Crippen LogP contribution in [0.25, 0.3) is 0 Å². The molecular formula is C7H12ClNO2. The molecule has 2 heterocycles. The molecule has 0 unspecified atom stereocenters. The lowest BCUT2D eigenvalue weighted by atomic mass is 9.73. The van der Waals surface area contributed by atoms with Gasteiger partial charge in [0.2, 0.25) is 0 Å². The minimum absolute atomic E-state index is 0. The van der Waals surface area contributed by atoms with Crippen LogP contribution >= 0.6 is 12.4 Å². The summed E-state index contributed by atoms with van der Waals surface area (Å²) in [4.78, 5) is 12.7. The van der Waals surface area contributed by atoms with Gasteiger partial charge in [-0.3, -0.25) is 9.69 Å². The van der Waals surface area contributed by atoms with Gasteiger partial charge >= 0.3 is 5.97 Å². The number of likely N-dealkylation sites (N-methyl/N-ethyl adjacent to an activating group) is 1. The highest BCUT2D eigenvalue weighted by molar-refractivity contribution is 5.85. The van der Waals surface area contributed by atoms with Gasteiger partial charge in [0.05, 0.1) is 0 Å². The number of fused-ring (bicyclic) bond motifs is 1. The minimum atomic E-state index is -0.635. The van der Waals surface area contributed by atoms with Gasteiger partial charge < -0.3 is 5.11 Å². The largest absolute Gasteiger partial charge is 0.480 e. The first-order valence-electron chi connectivity index (χ1n) is 3.60. The van der Waals surface area contributed by atoms with Crippen LogP contribution in [0.2, 0.25) is 0 Å². The molecule has 0 aromatic rings. The quantitative estimate of drug-likeness (QED) is 0.638. The second-order valence-electron chi connectivity index (χ2n) is 3.49. The molecule has 2 saturated heterocycles. The maximum Gasteiger partial charge on any atom is 0.324 e. The number of nitrogens with zero attached hydrogens (tertiary/aromatic N) is 1. The summed E-state index contributed by atoms with van der Waals surface area (Å²) in [5.41, 5.74) is -0.454. The van der Waals surface area contributed by atoms with Crippen LogP contribution in [0.15, 0.2) is 0 Å². The fourth-order valence-corrected chi connectivity index (χ4v) is 2.24. The van der Waals surface area contributed by atoms with Crippen LogP contribution in [-0.4, -0.2) is 35.1 Å². The van der Waals surface area contributed by atoms with Gasteiger partial charge in [-0.25, -0.2) is 0 Å². The van der Waals surface area contributed by atoms with Crippen molar-refractivity contribution in [2.75, 3.05) is 13.6 Å². The molecular weight excluding hydrogens is 166 g/mol. The van der Waals surface area contributed by atoms with Crippen LogP contribution in [0.5, 0.6) is 0 Å².